The number of aliphatic hydroxyl groups is 1. The maximum Gasteiger partial charge on any atom is 0.300 e. The number of Topliss-reactive ketones (excluding diaryl/α,β-unsaturated/α-hetero) is 1. The Bertz CT molecular complexity index is 1250. The topological polar surface area (TPSA) is 89.2 Å². The Labute approximate surface area is 198 Å². The van der Waals surface area contributed by atoms with Crippen LogP contribution in [0.3, 0.4) is 0 Å². The van der Waals surface area contributed by atoms with Gasteiger partial charge in [0, 0.05) is 16.8 Å². The van der Waals surface area contributed by atoms with E-state index in [0.29, 0.717) is 28.5 Å². The number of hydrogen-bond donors (Lipinski definition) is 1. The summed E-state index contributed by atoms with van der Waals surface area (Å²) in [5.74, 6) is -0.168. The number of aliphatic hydroxyl groups excluding tert-OH is 1. The van der Waals surface area contributed by atoms with Crippen molar-refractivity contribution in [1.82, 2.24) is 0 Å². The highest BCUT2D eigenvalue weighted by molar-refractivity contribution is 6.51. The van der Waals surface area contributed by atoms with Crippen molar-refractivity contribution >= 4 is 23.1 Å². The highest BCUT2D eigenvalue weighted by atomic mass is 16.5. The van der Waals surface area contributed by atoms with Crippen molar-refractivity contribution in [3.05, 3.63) is 83.3 Å². The van der Waals surface area contributed by atoms with E-state index in [4.69, 9.17) is 13.9 Å². The molecule has 1 aliphatic heterocycles. The summed E-state index contributed by atoms with van der Waals surface area (Å²) in [5, 5.41) is 11.4. The van der Waals surface area contributed by atoms with Crippen molar-refractivity contribution in [3.63, 3.8) is 0 Å². The lowest BCUT2D eigenvalue weighted by atomic mass is 9.84. The molecule has 2 heterocycles. The minimum atomic E-state index is -0.927. The average Bonchev–Trinajstić information content (AvgIpc) is 3.44. The van der Waals surface area contributed by atoms with Crippen LogP contribution in [0, 0.1) is 0 Å². The van der Waals surface area contributed by atoms with E-state index in [-0.39, 0.29) is 16.7 Å². The fourth-order valence-corrected chi connectivity index (χ4v) is 4.15. The van der Waals surface area contributed by atoms with Gasteiger partial charge in [-0.3, -0.25) is 14.5 Å². The van der Waals surface area contributed by atoms with Crippen LogP contribution in [0.5, 0.6) is 11.5 Å². The molecule has 1 unspecified atom stereocenters. The molecule has 1 fully saturated rings. The van der Waals surface area contributed by atoms with Gasteiger partial charge in [-0.25, -0.2) is 0 Å². The number of carbonyl (C=O) groups is 2. The predicted molar refractivity (Wildman–Crippen MR) is 128 cm³/mol. The smallest absolute Gasteiger partial charge is 0.300 e. The third-order valence-electron chi connectivity index (χ3n) is 5.89. The molecule has 7 heteroatoms. The van der Waals surface area contributed by atoms with Gasteiger partial charge in [0.1, 0.15) is 29.1 Å². The molecule has 4 rings (SSSR count). The molecule has 0 bridgehead atoms. The Morgan fingerprint density at radius 3 is 2.26 bits per heavy atom. The number of benzene rings is 2. The van der Waals surface area contributed by atoms with Gasteiger partial charge in [0.15, 0.2) is 0 Å². The molecule has 0 aliphatic carbocycles. The Hall–Kier alpha value is -4.00. The van der Waals surface area contributed by atoms with Gasteiger partial charge < -0.3 is 19.0 Å². The van der Waals surface area contributed by atoms with E-state index in [1.165, 1.54) is 11.2 Å². The molecule has 176 valence electrons. The summed E-state index contributed by atoms with van der Waals surface area (Å²) in [7, 11) is 3.13. The molecule has 0 spiro atoms. The second kappa shape index (κ2) is 8.74. The van der Waals surface area contributed by atoms with Crippen LogP contribution in [0.2, 0.25) is 0 Å². The number of amides is 1. The summed E-state index contributed by atoms with van der Waals surface area (Å²) in [4.78, 5) is 27.7. The van der Waals surface area contributed by atoms with E-state index < -0.39 is 17.7 Å². The van der Waals surface area contributed by atoms with Crippen LogP contribution in [0.15, 0.2) is 70.9 Å². The molecule has 1 saturated heterocycles. The summed E-state index contributed by atoms with van der Waals surface area (Å²) in [6.07, 6.45) is 1.47. The van der Waals surface area contributed by atoms with Crippen LogP contribution in [0.4, 0.5) is 5.69 Å². The third kappa shape index (κ3) is 3.94. The van der Waals surface area contributed by atoms with Gasteiger partial charge in [-0.05, 0) is 60.0 Å². The number of methoxy groups -OCH3 is 2. The molecule has 34 heavy (non-hydrogen) atoms. The van der Waals surface area contributed by atoms with E-state index in [1.54, 1.807) is 68.8 Å². The molecular formula is C27H27NO6. The van der Waals surface area contributed by atoms with Crippen LogP contribution in [-0.2, 0) is 15.0 Å². The zero-order valence-electron chi connectivity index (χ0n) is 19.8. The number of ketones is 1. The van der Waals surface area contributed by atoms with Crippen molar-refractivity contribution in [3.8, 4) is 11.5 Å². The van der Waals surface area contributed by atoms with Crippen molar-refractivity contribution in [1.29, 1.82) is 0 Å². The minimum absolute atomic E-state index is 0.0409. The van der Waals surface area contributed by atoms with Crippen molar-refractivity contribution in [2.45, 2.75) is 32.2 Å². The lowest BCUT2D eigenvalue weighted by Gasteiger charge is -2.24. The second-order valence-corrected chi connectivity index (χ2v) is 9.05. The Morgan fingerprint density at radius 1 is 1.00 bits per heavy atom. The molecule has 1 aromatic heterocycles. The zero-order valence-corrected chi connectivity index (χ0v) is 19.8. The molecule has 2 aromatic carbocycles. The summed E-state index contributed by atoms with van der Waals surface area (Å²) >= 11 is 0. The molecular weight excluding hydrogens is 434 g/mol. The Kier molecular flexibility index (Phi) is 5.96. The molecule has 0 radical (unpaired) electrons. The maximum absolute atomic E-state index is 13.2. The Morgan fingerprint density at radius 2 is 1.71 bits per heavy atom. The van der Waals surface area contributed by atoms with Gasteiger partial charge in [0.25, 0.3) is 11.7 Å². The zero-order chi connectivity index (χ0) is 24.6. The molecule has 1 aliphatic rings. The number of rotatable bonds is 5. The van der Waals surface area contributed by atoms with E-state index >= 15 is 0 Å². The van der Waals surface area contributed by atoms with Gasteiger partial charge in [-0.2, -0.15) is 0 Å². The van der Waals surface area contributed by atoms with E-state index in [9.17, 15) is 14.7 Å². The van der Waals surface area contributed by atoms with Crippen LogP contribution in [0.25, 0.3) is 5.76 Å². The number of furan rings is 1. The largest absolute Gasteiger partial charge is 0.507 e. The first-order valence-corrected chi connectivity index (χ1v) is 10.8. The summed E-state index contributed by atoms with van der Waals surface area (Å²) in [5.41, 5.74) is 1.43. The maximum atomic E-state index is 13.2. The molecule has 3 aromatic rings. The van der Waals surface area contributed by atoms with E-state index in [2.05, 4.69) is 0 Å². The first-order chi connectivity index (χ1) is 16.2. The van der Waals surface area contributed by atoms with Gasteiger partial charge >= 0.3 is 0 Å². The average molecular weight is 462 g/mol. The normalized spacial score (nSPS) is 17.8. The molecule has 1 atom stereocenters. The van der Waals surface area contributed by atoms with Crippen LogP contribution < -0.4 is 14.4 Å². The molecule has 0 saturated carbocycles. The van der Waals surface area contributed by atoms with Gasteiger partial charge in [-0.1, -0.05) is 20.8 Å². The van der Waals surface area contributed by atoms with Crippen molar-refractivity contribution in [2.75, 3.05) is 19.1 Å². The van der Waals surface area contributed by atoms with Gasteiger partial charge in [0.2, 0.25) is 0 Å². The SMILES string of the molecule is COc1ccc(N2C(=O)C(=O)/C(=C(\O)c3ccc(OC)c(C(C)(C)C)c3)C2c2ccco2)cc1. The third-order valence-corrected chi connectivity index (χ3v) is 5.89. The summed E-state index contributed by atoms with van der Waals surface area (Å²) in [6, 6.07) is 14.4. The summed E-state index contributed by atoms with van der Waals surface area (Å²) < 4.78 is 16.3. The highest BCUT2D eigenvalue weighted by Crippen LogP contribution is 2.43. The standard InChI is InChI=1S/C27H27NO6/c1-27(2,3)19-15-16(8-13-20(19)33-5)24(29)22-23(21-7-6-14-34-21)28(26(31)25(22)30)17-9-11-18(32-4)12-10-17/h6-15,23,29H,1-5H3/b24-22-. The first-order valence-electron chi connectivity index (χ1n) is 10.8. The fraction of sp³-hybridized carbons (Fsp3) is 0.259. The quantitative estimate of drug-likeness (QED) is 0.318. The van der Waals surface area contributed by atoms with E-state index in [1.807, 2.05) is 20.8 Å². The van der Waals surface area contributed by atoms with Crippen molar-refractivity contribution in [2.24, 2.45) is 0 Å². The van der Waals surface area contributed by atoms with Crippen LogP contribution in [-0.4, -0.2) is 31.0 Å². The van der Waals surface area contributed by atoms with E-state index in [0.717, 1.165) is 5.56 Å². The van der Waals surface area contributed by atoms with Gasteiger partial charge in [-0.15, -0.1) is 0 Å². The monoisotopic (exact) mass is 461 g/mol. The summed E-state index contributed by atoms with van der Waals surface area (Å²) in [6.45, 7) is 6.08. The number of carbonyl (C=O) groups excluding carboxylic acids is 2. The number of hydrogen-bond acceptors (Lipinski definition) is 6. The number of ether oxygens (including phenoxy) is 2. The minimum Gasteiger partial charge on any atom is -0.507 e. The lowest BCUT2D eigenvalue weighted by molar-refractivity contribution is -0.132. The predicted octanol–water partition coefficient (Wildman–Crippen LogP) is 5.22. The van der Waals surface area contributed by atoms with Crippen LogP contribution >= 0.6 is 0 Å². The lowest BCUT2D eigenvalue weighted by Crippen LogP contribution is -2.29. The fourth-order valence-electron chi connectivity index (χ4n) is 4.15. The number of anilines is 1. The second-order valence-electron chi connectivity index (χ2n) is 9.05. The van der Waals surface area contributed by atoms with Crippen LogP contribution in [0.1, 0.15) is 43.7 Å². The molecule has 1 N–H and O–H groups in total. The van der Waals surface area contributed by atoms with Crippen molar-refractivity contribution < 1.29 is 28.6 Å². The van der Waals surface area contributed by atoms with Gasteiger partial charge in [0.05, 0.1) is 26.1 Å². The molecule has 7 nitrogen and oxygen atoms in total. The Balaban J connectivity index is 1.90. The highest BCUT2D eigenvalue weighted by Gasteiger charge is 2.48. The first kappa shape index (κ1) is 23.2. The number of nitrogens with zero attached hydrogens (tertiary/aromatic N) is 1. The molecule has 1 amide bonds.